The van der Waals surface area contributed by atoms with Gasteiger partial charge in [0.1, 0.15) is 5.69 Å². The maximum absolute atomic E-state index is 12.5. The molecule has 0 aliphatic carbocycles. The summed E-state index contributed by atoms with van der Waals surface area (Å²) >= 11 is 6.31. The Morgan fingerprint density at radius 3 is 2.41 bits per heavy atom. The Balaban J connectivity index is 1.67. The molecule has 0 fully saturated rings. The molecular formula is C24H24ClN5O3S. The number of halogens is 1. The molecule has 34 heavy (non-hydrogen) atoms. The SMILES string of the molecule is CNCc1ccc(-c2cc(-c3nc(-c4ccc(S(=O)(=O)C(C)C)c(Cl)c4)cnc3N)on2)cc1. The minimum Gasteiger partial charge on any atom is -0.382 e. The molecule has 3 N–H and O–H groups in total. The van der Waals surface area contributed by atoms with Crippen LogP contribution in [-0.4, -0.2) is 35.8 Å². The first-order chi connectivity index (χ1) is 16.2. The van der Waals surface area contributed by atoms with Gasteiger partial charge in [0.15, 0.2) is 27.1 Å². The molecule has 0 saturated carbocycles. The van der Waals surface area contributed by atoms with Gasteiger partial charge in [-0.3, -0.25) is 0 Å². The second-order valence-corrected chi connectivity index (χ2v) is 10.9. The van der Waals surface area contributed by atoms with Gasteiger partial charge in [0.2, 0.25) is 0 Å². The highest BCUT2D eigenvalue weighted by atomic mass is 35.5. The third-order valence-corrected chi connectivity index (χ3v) is 7.96. The lowest BCUT2D eigenvalue weighted by molar-refractivity contribution is 0.434. The molecule has 0 aliphatic rings. The minimum atomic E-state index is -3.51. The molecule has 0 unspecified atom stereocenters. The zero-order chi connectivity index (χ0) is 24.5. The molecule has 0 radical (unpaired) electrons. The lowest BCUT2D eigenvalue weighted by Crippen LogP contribution is -2.14. The van der Waals surface area contributed by atoms with Gasteiger partial charge in [0, 0.05) is 23.7 Å². The van der Waals surface area contributed by atoms with E-state index >= 15 is 0 Å². The number of sulfone groups is 1. The van der Waals surface area contributed by atoms with Gasteiger partial charge in [0.05, 0.1) is 27.1 Å². The summed E-state index contributed by atoms with van der Waals surface area (Å²) in [5, 5.41) is 6.80. The first-order valence-electron chi connectivity index (χ1n) is 10.6. The predicted molar refractivity (Wildman–Crippen MR) is 133 cm³/mol. The molecule has 4 rings (SSSR count). The lowest BCUT2D eigenvalue weighted by atomic mass is 10.1. The van der Waals surface area contributed by atoms with Crippen LogP contribution >= 0.6 is 11.6 Å². The maximum Gasteiger partial charge on any atom is 0.189 e. The van der Waals surface area contributed by atoms with E-state index in [2.05, 4.69) is 20.4 Å². The van der Waals surface area contributed by atoms with Gasteiger partial charge in [-0.25, -0.2) is 18.4 Å². The van der Waals surface area contributed by atoms with Crippen molar-refractivity contribution >= 4 is 27.3 Å². The largest absolute Gasteiger partial charge is 0.382 e. The number of hydrogen-bond acceptors (Lipinski definition) is 8. The third kappa shape index (κ3) is 4.68. The number of anilines is 1. The summed E-state index contributed by atoms with van der Waals surface area (Å²) in [4.78, 5) is 8.90. The average Bonchev–Trinajstić information content (AvgIpc) is 3.30. The highest BCUT2D eigenvalue weighted by Crippen LogP contribution is 2.32. The van der Waals surface area contributed by atoms with Gasteiger partial charge in [0.25, 0.3) is 0 Å². The standard InChI is InChI=1S/C24H24ClN5O3S/c1-14(2)34(31,32)22-9-8-17(10-18(22)25)20-13-28-24(26)23(29-20)21-11-19(30-33-21)16-6-4-15(5-7-16)12-27-3/h4-11,13-14,27H,12H2,1-3H3,(H2,26,28). The van der Waals surface area contributed by atoms with Crippen LogP contribution in [0.15, 0.2) is 64.1 Å². The number of nitrogen functional groups attached to an aromatic ring is 1. The van der Waals surface area contributed by atoms with Crippen LogP contribution in [0.2, 0.25) is 5.02 Å². The quantitative estimate of drug-likeness (QED) is 0.379. The number of nitrogens with two attached hydrogens (primary N) is 1. The summed E-state index contributed by atoms with van der Waals surface area (Å²) in [6.07, 6.45) is 1.50. The van der Waals surface area contributed by atoms with E-state index in [-0.39, 0.29) is 15.7 Å². The van der Waals surface area contributed by atoms with E-state index < -0.39 is 15.1 Å². The molecule has 2 aromatic heterocycles. The Labute approximate surface area is 203 Å². The topological polar surface area (TPSA) is 124 Å². The molecule has 2 aromatic carbocycles. The number of rotatable bonds is 7. The van der Waals surface area contributed by atoms with Crippen molar-refractivity contribution in [3.63, 3.8) is 0 Å². The molecule has 0 amide bonds. The van der Waals surface area contributed by atoms with E-state index in [9.17, 15) is 8.42 Å². The van der Waals surface area contributed by atoms with Crippen molar-refractivity contribution in [3.8, 4) is 34.0 Å². The van der Waals surface area contributed by atoms with Gasteiger partial charge in [-0.05, 0) is 38.6 Å². The highest BCUT2D eigenvalue weighted by Gasteiger charge is 2.23. The molecule has 0 saturated heterocycles. The molecule has 10 heteroatoms. The van der Waals surface area contributed by atoms with E-state index in [0.717, 1.165) is 17.7 Å². The molecule has 176 valence electrons. The number of hydrogen-bond donors (Lipinski definition) is 2. The summed E-state index contributed by atoms with van der Waals surface area (Å²) < 4.78 is 30.5. The van der Waals surface area contributed by atoms with Crippen LogP contribution in [0.1, 0.15) is 19.4 Å². The molecule has 4 aromatic rings. The highest BCUT2D eigenvalue weighted by molar-refractivity contribution is 7.92. The van der Waals surface area contributed by atoms with Crippen LogP contribution in [0.3, 0.4) is 0 Å². The van der Waals surface area contributed by atoms with E-state index in [4.69, 9.17) is 21.9 Å². The second-order valence-electron chi connectivity index (χ2n) is 8.03. The van der Waals surface area contributed by atoms with Gasteiger partial charge in [-0.2, -0.15) is 0 Å². The normalized spacial score (nSPS) is 11.8. The van der Waals surface area contributed by atoms with Crippen LogP contribution in [0.25, 0.3) is 34.0 Å². The molecule has 0 aliphatic heterocycles. The van der Waals surface area contributed by atoms with Crippen LogP contribution in [0.5, 0.6) is 0 Å². The monoisotopic (exact) mass is 497 g/mol. The molecule has 2 heterocycles. The maximum atomic E-state index is 12.5. The third-order valence-electron chi connectivity index (χ3n) is 5.33. The van der Waals surface area contributed by atoms with Crippen molar-refractivity contribution in [1.29, 1.82) is 0 Å². The summed E-state index contributed by atoms with van der Waals surface area (Å²) in [6.45, 7) is 4.00. The van der Waals surface area contributed by atoms with Crippen molar-refractivity contribution in [2.24, 2.45) is 0 Å². The Hall–Kier alpha value is -3.27. The van der Waals surface area contributed by atoms with Gasteiger partial charge in [-0.1, -0.05) is 47.1 Å². The van der Waals surface area contributed by atoms with Crippen molar-refractivity contribution in [2.75, 3.05) is 12.8 Å². The summed E-state index contributed by atoms with van der Waals surface area (Å²) in [7, 11) is -1.61. The predicted octanol–water partition coefficient (Wildman–Crippen LogP) is 4.60. The molecule has 0 atom stereocenters. The molecule has 0 spiro atoms. The fraction of sp³-hybridized carbons (Fsp3) is 0.208. The van der Waals surface area contributed by atoms with E-state index in [1.165, 1.54) is 12.3 Å². The first-order valence-corrected chi connectivity index (χ1v) is 12.5. The van der Waals surface area contributed by atoms with Gasteiger partial charge < -0.3 is 15.6 Å². The van der Waals surface area contributed by atoms with Crippen molar-refractivity contribution in [2.45, 2.75) is 30.5 Å². The van der Waals surface area contributed by atoms with E-state index in [0.29, 0.717) is 28.4 Å². The van der Waals surface area contributed by atoms with E-state index in [1.807, 2.05) is 31.3 Å². The average molecular weight is 498 g/mol. The van der Waals surface area contributed by atoms with Crippen LogP contribution in [0.4, 0.5) is 5.82 Å². The summed E-state index contributed by atoms with van der Waals surface area (Å²) in [5.74, 6) is 0.548. The second kappa shape index (κ2) is 9.54. The van der Waals surface area contributed by atoms with Gasteiger partial charge >= 0.3 is 0 Å². The summed E-state index contributed by atoms with van der Waals surface area (Å²) in [5.41, 5.74) is 10.2. The van der Waals surface area contributed by atoms with Crippen LogP contribution in [-0.2, 0) is 16.4 Å². The number of nitrogens with zero attached hydrogens (tertiary/aromatic N) is 3. The Bertz CT molecular complexity index is 1430. The molecule has 0 bridgehead atoms. The minimum absolute atomic E-state index is 0.0807. The fourth-order valence-electron chi connectivity index (χ4n) is 3.38. The van der Waals surface area contributed by atoms with Crippen molar-refractivity contribution < 1.29 is 12.9 Å². The number of benzene rings is 2. The smallest absolute Gasteiger partial charge is 0.189 e. The Morgan fingerprint density at radius 2 is 1.76 bits per heavy atom. The number of nitrogens with one attached hydrogen (secondary N) is 1. The van der Waals surface area contributed by atoms with Gasteiger partial charge in [-0.15, -0.1) is 0 Å². The van der Waals surface area contributed by atoms with Crippen LogP contribution in [0, 0.1) is 0 Å². The molecular weight excluding hydrogens is 474 g/mol. The van der Waals surface area contributed by atoms with Crippen molar-refractivity contribution in [1.82, 2.24) is 20.4 Å². The van der Waals surface area contributed by atoms with Crippen LogP contribution < -0.4 is 11.1 Å². The summed E-state index contributed by atoms with van der Waals surface area (Å²) in [6, 6.07) is 14.4. The zero-order valence-electron chi connectivity index (χ0n) is 18.9. The first kappa shape index (κ1) is 23.9. The Kier molecular flexibility index (Phi) is 6.70. The van der Waals surface area contributed by atoms with Crippen molar-refractivity contribution in [3.05, 3.63) is 65.3 Å². The Morgan fingerprint density at radius 1 is 1.06 bits per heavy atom. The molecule has 8 nitrogen and oxygen atoms in total. The van der Waals surface area contributed by atoms with E-state index in [1.54, 1.807) is 32.0 Å². The fourth-order valence-corrected chi connectivity index (χ4v) is 4.98. The zero-order valence-corrected chi connectivity index (χ0v) is 20.5. The lowest BCUT2D eigenvalue weighted by Gasteiger charge is -2.11. The number of aromatic nitrogens is 3.